The summed E-state index contributed by atoms with van der Waals surface area (Å²) in [5, 5.41) is 24.7. The summed E-state index contributed by atoms with van der Waals surface area (Å²) in [4.78, 5) is 30.7. The number of fused-ring (bicyclic) bond motifs is 1. The number of hydrogen-bond acceptors (Lipinski definition) is 8. The van der Waals surface area contributed by atoms with Crippen molar-refractivity contribution in [3.8, 4) is 16.9 Å². The molecule has 5 N–H and O–H groups in total. The second-order valence-electron chi connectivity index (χ2n) is 9.24. The van der Waals surface area contributed by atoms with Crippen LogP contribution in [-0.4, -0.2) is 70.9 Å². The molecule has 0 radical (unpaired) electrons. The molecule has 3 aromatic rings. The Labute approximate surface area is 229 Å². The summed E-state index contributed by atoms with van der Waals surface area (Å²) in [6, 6.07) is 13.6. The molecule has 2 aromatic carbocycles. The first-order chi connectivity index (χ1) is 18.7. The zero-order valence-corrected chi connectivity index (χ0v) is 21.6. The number of morpholine rings is 1. The maximum Gasteiger partial charge on any atom is 0.254 e. The van der Waals surface area contributed by atoms with Crippen molar-refractivity contribution < 1.29 is 29.3 Å². The fourth-order valence-corrected chi connectivity index (χ4v) is 4.69. The Kier molecular flexibility index (Phi) is 7.53. The summed E-state index contributed by atoms with van der Waals surface area (Å²) in [6.07, 6.45) is 3.19. The Bertz CT molecular complexity index is 1400. The molecule has 39 heavy (non-hydrogen) atoms. The van der Waals surface area contributed by atoms with Crippen LogP contribution in [0.5, 0.6) is 5.75 Å². The molecule has 3 heterocycles. The normalized spacial score (nSPS) is 18.0. The number of carbonyl (C=O) groups excluding carboxylic acids is 2. The number of nitrogens with one attached hydrogen (secondary N) is 1. The predicted molar refractivity (Wildman–Crippen MR) is 145 cm³/mol. The van der Waals surface area contributed by atoms with E-state index in [9.17, 15) is 19.8 Å². The summed E-state index contributed by atoms with van der Waals surface area (Å²) in [6.45, 7) is 1.95. The van der Waals surface area contributed by atoms with Crippen LogP contribution in [0.1, 0.15) is 21.5 Å². The summed E-state index contributed by atoms with van der Waals surface area (Å²) in [5.41, 5.74) is 8.21. The van der Waals surface area contributed by atoms with Crippen molar-refractivity contribution in [2.45, 2.75) is 11.9 Å². The molecule has 1 atom stereocenters. The smallest absolute Gasteiger partial charge is 0.254 e. The maximum absolute atomic E-state index is 12.7. The molecule has 2 aliphatic heterocycles. The van der Waals surface area contributed by atoms with E-state index in [4.69, 9.17) is 26.8 Å². The molecule has 1 unspecified atom stereocenters. The molecule has 1 saturated heterocycles. The van der Waals surface area contributed by atoms with Crippen LogP contribution in [0.2, 0.25) is 5.02 Å². The van der Waals surface area contributed by atoms with Gasteiger partial charge < -0.3 is 35.6 Å². The summed E-state index contributed by atoms with van der Waals surface area (Å²) in [7, 11) is 0. The van der Waals surface area contributed by atoms with Gasteiger partial charge in [0.15, 0.2) is 6.10 Å². The Morgan fingerprint density at radius 1 is 1.13 bits per heavy atom. The van der Waals surface area contributed by atoms with Gasteiger partial charge in [0.05, 0.1) is 30.3 Å². The number of amides is 2. The van der Waals surface area contributed by atoms with Crippen LogP contribution >= 0.6 is 11.6 Å². The Balaban J connectivity index is 1.27. The number of anilines is 1. The molecule has 10 nitrogen and oxygen atoms in total. The van der Waals surface area contributed by atoms with Gasteiger partial charge in [0.2, 0.25) is 11.7 Å². The zero-order valence-electron chi connectivity index (χ0n) is 20.8. The lowest BCUT2D eigenvalue weighted by molar-refractivity contribution is -0.207. The van der Waals surface area contributed by atoms with Crippen LogP contribution in [0.25, 0.3) is 17.2 Å². The van der Waals surface area contributed by atoms with Gasteiger partial charge in [-0.2, -0.15) is 0 Å². The first-order valence-corrected chi connectivity index (χ1v) is 12.7. The molecule has 11 heteroatoms. The number of carbonyl (C=O) groups is 2. The van der Waals surface area contributed by atoms with E-state index in [1.807, 2.05) is 0 Å². The molecule has 202 valence electrons. The molecule has 5 rings (SSSR count). The topological polar surface area (TPSA) is 147 Å². The van der Waals surface area contributed by atoms with Gasteiger partial charge in [-0.15, -0.1) is 0 Å². The van der Waals surface area contributed by atoms with E-state index < -0.39 is 17.8 Å². The minimum Gasteiger partial charge on any atom is -0.480 e. The summed E-state index contributed by atoms with van der Waals surface area (Å²) in [5.74, 6) is -2.43. The molecular formula is C28H27ClN4O6. The number of ether oxygens (including phenoxy) is 2. The third-order valence-corrected chi connectivity index (χ3v) is 6.89. The Hall–Kier alpha value is -3.96. The fraction of sp³-hybridized carbons (Fsp3) is 0.250. The molecule has 1 fully saturated rings. The third kappa shape index (κ3) is 5.74. The van der Waals surface area contributed by atoms with E-state index in [2.05, 4.69) is 10.3 Å². The highest BCUT2D eigenvalue weighted by atomic mass is 35.5. The maximum atomic E-state index is 12.7. The number of hydrogen-bond donors (Lipinski definition) is 4. The van der Waals surface area contributed by atoms with E-state index in [-0.39, 0.29) is 28.8 Å². The number of aliphatic hydroxyl groups is 2. The zero-order chi connectivity index (χ0) is 27.6. The number of rotatable bonds is 6. The highest BCUT2D eigenvalue weighted by molar-refractivity contribution is 6.32. The van der Waals surface area contributed by atoms with Gasteiger partial charge in [-0.1, -0.05) is 23.7 Å². The minimum atomic E-state index is -2.40. The van der Waals surface area contributed by atoms with Crippen molar-refractivity contribution >= 4 is 35.3 Å². The van der Waals surface area contributed by atoms with Gasteiger partial charge in [0, 0.05) is 30.9 Å². The monoisotopic (exact) mass is 550 g/mol. The van der Waals surface area contributed by atoms with Crippen LogP contribution in [-0.2, 0) is 15.3 Å². The lowest BCUT2D eigenvalue weighted by atomic mass is 9.96. The number of nitrogen functional groups attached to an aromatic ring is 1. The lowest BCUT2D eigenvalue weighted by Crippen LogP contribution is -2.45. The number of aromatic nitrogens is 1. The van der Waals surface area contributed by atoms with Gasteiger partial charge in [-0.25, -0.2) is 4.98 Å². The second kappa shape index (κ2) is 11.0. The number of pyridine rings is 1. The van der Waals surface area contributed by atoms with E-state index in [1.54, 1.807) is 59.5 Å². The van der Waals surface area contributed by atoms with Gasteiger partial charge in [-0.05, 0) is 59.2 Å². The molecule has 0 bridgehead atoms. The van der Waals surface area contributed by atoms with Crippen molar-refractivity contribution in [2.24, 2.45) is 0 Å². The first kappa shape index (κ1) is 26.6. The van der Waals surface area contributed by atoms with E-state index >= 15 is 0 Å². The highest BCUT2D eigenvalue weighted by Gasteiger charge is 2.47. The SMILES string of the molecule is Nc1ccc(/C=C/C(=O)NCC2Oc3c(Cl)cc(-c4ccc(C(=O)N5CCOCC5)cc4)cc3C2(O)O)cn1. The van der Waals surface area contributed by atoms with Crippen molar-refractivity contribution in [2.75, 3.05) is 38.6 Å². The van der Waals surface area contributed by atoms with Gasteiger partial charge in [0.25, 0.3) is 5.91 Å². The minimum absolute atomic E-state index is 0.0696. The van der Waals surface area contributed by atoms with Gasteiger partial charge in [0.1, 0.15) is 11.6 Å². The lowest BCUT2D eigenvalue weighted by Gasteiger charge is -2.26. The summed E-state index contributed by atoms with van der Waals surface area (Å²) >= 11 is 6.46. The molecular weight excluding hydrogens is 524 g/mol. The fourth-order valence-electron chi connectivity index (χ4n) is 4.43. The molecule has 2 amide bonds. The van der Waals surface area contributed by atoms with Crippen LogP contribution in [0.4, 0.5) is 5.82 Å². The van der Waals surface area contributed by atoms with Crippen molar-refractivity contribution in [1.29, 1.82) is 0 Å². The van der Waals surface area contributed by atoms with Crippen molar-refractivity contribution in [1.82, 2.24) is 15.2 Å². The molecule has 2 aliphatic rings. The van der Waals surface area contributed by atoms with Crippen LogP contribution in [0, 0.1) is 0 Å². The second-order valence-corrected chi connectivity index (χ2v) is 9.65. The van der Waals surface area contributed by atoms with E-state index in [0.29, 0.717) is 48.8 Å². The van der Waals surface area contributed by atoms with Crippen molar-refractivity contribution in [3.63, 3.8) is 0 Å². The van der Waals surface area contributed by atoms with Crippen molar-refractivity contribution in [3.05, 3.63) is 82.5 Å². The average molecular weight is 551 g/mol. The molecule has 0 saturated carbocycles. The quantitative estimate of drug-likeness (QED) is 0.270. The van der Waals surface area contributed by atoms with Crippen LogP contribution in [0.3, 0.4) is 0 Å². The average Bonchev–Trinajstić information content (AvgIpc) is 3.21. The number of nitrogens with zero attached hydrogens (tertiary/aromatic N) is 2. The molecule has 0 aliphatic carbocycles. The number of nitrogens with two attached hydrogens (primary N) is 1. The largest absolute Gasteiger partial charge is 0.480 e. The van der Waals surface area contributed by atoms with E-state index in [0.717, 1.165) is 5.56 Å². The first-order valence-electron chi connectivity index (χ1n) is 12.3. The Morgan fingerprint density at radius 2 is 1.87 bits per heavy atom. The number of halogens is 1. The standard InChI is InChI=1S/C28H27ClN4O6/c29-22-14-20(18-3-5-19(6-4-18)27(35)33-9-11-38-12-10-33)13-21-26(22)39-23(28(21,36)37)16-32-25(34)8-2-17-1-7-24(30)31-15-17/h1-8,13-15,23,36-37H,9-12,16H2,(H2,30,31)(H,32,34)/b8-2+. The molecule has 1 aromatic heterocycles. The van der Waals surface area contributed by atoms with Gasteiger partial charge in [-0.3, -0.25) is 9.59 Å². The van der Waals surface area contributed by atoms with Gasteiger partial charge >= 0.3 is 0 Å². The van der Waals surface area contributed by atoms with Crippen LogP contribution < -0.4 is 15.8 Å². The third-order valence-electron chi connectivity index (χ3n) is 6.61. The number of benzene rings is 2. The van der Waals surface area contributed by atoms with Crippen LogP contribution in [0.15, 0.2) is 60.8 Å². The molecule has 0 spiro atoms. The summed E-state index contributed by atoms with van der Waals surface area (Å²) < 4.78 is 11.0. The van der Waals surface area contributed by atoms with E-state index in [1.165, 1.54) is 12.3 Å². The highest BCUT2D eigenvalue weighted by Crippen LogP contribution is 2.46. The Morgan fingerprint density at radius 3 is 2.56 bits per heavy atom. The predicted octanol–water partition coefficient (Wildman–Crippen LogP) is 2.18.